The molecule has 0 N–H and O–H groups in total. The lowest BCUT2D eigenvalue weighted by Crippen LogP contribution is -2.34. The van der Waals surface area contributed by atoms with Crippen LogP contribution in [-0.4, -0.2) is 13.1 Å². The van der Waals surface area contributed by atoms with E-state index in [4.69, 9.17) is 4.74 Å². The smallest absolute Gasteiger partial charge is 0.311 e. The first-order valence-electron chi connectivity index (χ1n) is 7.39. The van der Waals surface area contributed by atoms with Gasteiger partial charge in [0, 0.05) is 0 Å². The zero-order valence-electron chi connectivity index (χ0n) is 11.9. The van der Waals surface area contributed by atoms with Gasteiger partial charge >= 0.3 is 5.97 Å². The monoisotopic (exact) mass is 260 g/mol. The molecule has 0 aromatic heterocycles. The lowest BCUT2D eigenvalue weighted by molar-refractivity contribution is -0.155. The van der Waals surface area contributed by atoms with Gasteiger partial charge in [-0.25, -0.2) is 0 Å². The summed E-state index contributed by atoms with van der Waals surface area (Å²) in [6.07, 6.45) is 8.70. The molecule has 2 rings (SSSR count). The summed E-state index contributed by atoms with van der Waals surface area (Å²) in [5.41, 5.74) is 1.17. The number of methoxy groups -OCH3 is 1. The van der Waals surface area contributed by atoms with Crippen LogP contribution in [0.15, 0.2) is 30.3 Å². The Hall–Kier alpha value is -1.31. The fourth-order valence-electron chi connectivity index (χ4n) is 3.28. The van der Waals surface area contributed by atoms with E-state index in [1.165, 1.54) is 31.9 Å². The average molecular weight is 260 g/mol. The molecule has 0 spiro atoms. The zero-order chi connectivity index (χ0) is 13.6. The van der Waals surface area contributed by atoms with Gasteiger partial charge in [-0.1, -0.05) is 49.6 Å². The third kappa shape index (κ3) is 3.59. The van der Waals surface area contributed by atoms with Gasteiger partial charge < -0.3 is 4.74 Å². The van der Waals surface area contributed by atoms with Crippen LogP contribution in [0.2, 0.25) is 0 Å². The average Bonchev–Trinajstić information content (AvgIpc) is 2.48. The van der Waals surface area contributed by atoms with Gasteiger partial charge in [0.1, 0.15) is 0 Å². The Balaban J connectivity index is 1.91. The highest BCUT2D eigenvalue weighted by atomic mass is 16.5. The molecule has 1 saturated carbocycles. The Morgan fingerprint density at radius 2 is 1.84 bits per heavy atom. The molecule has 1 aromatic rings. The highest BCUT2D eigenvalue weighted by Gasteiger charge is 2.39. The topological polar surface area (TPSA) is 26.3 Å². The van der Waals surface area contributed by atoms with Gasteiger partial charge in [0.25, 0.3) is 0 Å². The third-order valence-electron chi connectivity index (χ3n) is 4.39. The predicted molar refractivity (Wildman–Crippen MR) is 76.9 cm³/mol. The van der Waals surface area contributed by atoms with Crippen LogP contribution in [0.1, 0.15) is 50.5 Å². The second kappa shape index (κ2) is 6.74. The Morgan fingerprint density at radius 1 is 1.16 bits per heavy atom. The molecule has 1 aliphatic rings. The molecule has 2 heteroatoms. The Morgan fingerprint density at radius 3 is 2.47 bits per heavy atom. The van der Waals surface area contributed by atoms with Crippen molar-refractivity contribution in [2.24, 2.45) is 5.41 Å². The lowest BCUT2D eigenvalue weighted by atomic mass is 9.71. The maximum absolute atomic E-state index is 12.1. The predicted octanol–water partition coefficient (Wildman–Crippen LogP) is 4.13. The minimum absolute atomic E-state index is 0.0141. The van der Waals surface area contributed by atoms with Gasteiger partial charge in [-0.15, -0.1) is 0 Å². The number of hydrogen-bond donors (Lipinski definition) is 0. The summed E-state index contributed by atoms with van der Waals surface area (Å²) in [6, 6.07) is 10.5. The van der Waals surface area contributed by atoms with Crippen molar-refractivity contribution in [1.82, 2.24) is 0 Å². The molecule has 1 aliphatic carbocycles. The van der Waals surface area contributed by atoms with E-state index in [-0.39, 0.29) is 11.4 Å². The van der Waals surface area contributed by atoms with Crippen molar-refractivity contribution in [2.45, 2.75) is 51.4 Å². The minimum Gasteiger partial charge on any atom is -0.469 e. The summed E-state index contributed by atoms with van der Waals surface area (Å²) < 4.78 is 5.06. The molecule has 104 valence electrons. The number of esters is 1. The van der Waals surface area contributed by atoms with E-state index in [1.807, 2.05) is 6.07 Å². The van der Waals surface area contributed by atoms with Crippen LogP contribution < -0.4 is 0 Å². The summed E-state index contributed by atoms with van der Waals surface area (Å²) in [4.78, 5) is 12.1. The van der Waals surface area contributed by atoms with E-state index in [2.05, 4.69) is 24.3 Å². The van der Waals surface area contributed by atoms with Crippen LogP contribution in [0, 0.1) is 5.41 Å². The Bertz CT molecular complexity index is 391. The second-order valence-electron chi connectivity index (χ2n) is 5.67. The number of aryl methyl sites for hydroxylation is 1. The molecular formula is C17H24O2. The molecular weight excluding hydrogens is 236 g/mol. The van der Waals surface area contributed by atoms with E-state index < -0.39 is 0 Å². The van der Waals surface area contributed by atoms with Crippen LogP contribution in [0.4, 0.5) is 0 Å². The summed E-state index contributed by atoms with van der Waals surface area (Å²) >= 11 is 0. The normalized spacial score (nSPS) is 17.9. The SMILES string of the molecule is COC(=O)C1(CCCc2ccccc2)CCCCC1. The van der Waals surface area contributed by atoms with Crippen molar-refractivity contribution in [1.29, 1.82) is 0 Å². The maximum Gasteiger partial charge on any atom is 0.311 e. The number of carbonyl (C=O) groups is 1. The fourth-order valence-corrected chi connectivity index (χ4v) is 3.28. The summed E-state index contributed by atoms with van der Waals surface area (Å²) in [5, 5.41) is 0. The quantitative estimate of drug-likeness (QED) is 0.744. The van der Waals surface area contributed by atoms with Crippen molar-refractivity contribution in [3.05, 3.63) is 35.9 Å². The molecule has 2 nitrogen and oxygen atoms in total. The van der Waals surface area contributed by atoms with E-state index in [1.54, 1.807) is 0 Å². The summed E-state index contributed by atoms with van der Waals surface area (Å²) in [5.74, 6) is 0.0141. The first kappa shape index (κ1) is 14.1. The summed E-state index contributed by atoms with van der Waals surface area (Å²) in [7, 11) is 1.52. The third-order valence-corrected chi connectivity index (χ3v) is 4.39. The van der Waals surface area contributed by atoms with Gasteiger partial charge in [-0.2, -0.15) is 0 Å². The first-order chi connectivity index (χ1) is 9.27. The second-order valence-corrected chi connectivity index (χ2v) is 5.67. The highest BCUT2D eigenvalue weighted by Crippen LogP contribution is 2.41. The first-order valence-corrected chi connectivity index (χ1v) is 7.39. The molecule has 0 aliphatic heterocycles. The van der Waals surface area contributed by atoms with Crippen molar-refractivity contribution in [3.63, 3.8) is 0 Å². The fraction of sp³-hybridized carbons (Fsp3) is 0.588. The van der Waals surface area contributed by atoms with Crippen LogP contribution in [0.3, 0.4) is 0 Å². The minimum atomic E-state index is -0.193. The Labute approximate surface area is 116 Å². The summed E-state index contributed by atoms with van der Waals surface area (Å²) in [6.45, 7) is 0. The molecule has 0 heterocycles. The number of carbonyl (C=O) groups excluding carboxylic acids is 1. The lowest BCUT2D eigenvalue weighted by Gasteiger charge is -2.34. The van der Waals surface area contributed by atoms with Crippen LogP contribution in [0.25, 0.3) is 0 Å². The van der Waals surface area contributed by atoms with E-state index in [0.717, 1.165) is 32.1 Å². The van der Waals surface area contributed by atoms with Gasteiger partial charge in [0.05, 0.1) is 12.5 Å². The molecule has 0 bridgehead atoms. The van der Waals surface area contributed by atoms with Crippen molar-refractivity contribution < 1.29 is 9.53 Å². The number of benzene rings is 1. The number of ether oxygens (including phenoxy) is 1. The van der Waals surface area contributed by atoms with Crippen LogP contribution >= 0.6 is 0 Å². The molecule has 0 unspecified atom stereocenters. The van der Waals surface area contributed by atoms with Crippen molar-refractivity contribution in [3.8, 4) is 0 Å². The zero-order valence-corrected chi connectivity index (χ0v) is 11.9. The van der Waals surface area contributed by atoms with Gasteiger partial charge in [0.15, 0.2) is 0 Å². The van der Waals surface area contributed by atoms with Gasteiger partial charge in [0.2, 0.25) is 0 Å². The number of rotatable bonds is 5. The van der Waals surface area contributed by atoms with E-state index >= 15 is 0 Å². The largest absolute Gasteiger partial charge is 0.469 e. The molecule has 0 radical (unpaired) electrons. The van der Waals surface area contributed by atoms with E-state index in [0.29, 0.717) is 0 Å². The van der Waals surface area contributed by atoms with Gasteiger partial charge in [-0.3, -0.25) is 4.79 Å². The van der Waals surface area contributed by atoms with Crippen molar-refractivity contribution >= 4 is 5.97 Å². The molecule has 0 amide bonds. The molecule has 19 heavy (non-hydrogen) atoms. The molecule has 0 saturated heterocycles. The van der Waals surface area contributed by atoms with E-state index in [9.17, 15) is 4.79 Å². The highest BCUT2D eigenvalue weighted by molar-refractivity contribution is 5.76. The maximum atomic E-state index is 12.1. The molecule has 0 atom stereocenters. The van der Waals surface area contributed by atoms with Crippen LogP contribution in [-0.2, 0) is 16.0 Å². The standard InChI is InChI=1S/C17H24O2/c1-19-16(18)17(12-6-3-7-13-17)14-8-11-15-9-4-2-5-10-15/h2,4-5,9-10H,3,6-8,11-14H2,1H3. The van der Waals surface area contributed by atoms with Gasteiger partial charge in [-0.05, 0) is 37.7 Å². The van der Waals surface area contributed by atoms with Crippen molar-refractivity contribution in [2.75, 3.05) is 7.11 Å². The number of hydrogen-bond acceptors (Lipinski definition) is 2. The Kier molecular flexibility index (Phi) is 5.00. The molecule has 1 aromatic carbocycles. The van der Waals surface area contributed by atoms with Crippen LogP contribution in [0.5, 0.6) is 0 Å². The molecule has 1 fully saturated rings.